The number of benzene rings is 1. The normalized spacial score (nSPS) is 11.4. The minimum Gasteiger partial charge on any atom is -0.382 e. The van der Waals surface area contributed by atoms with Crippen molar-refractivity contribution in [1.82, 2.24) is 14.9 Å². The van der Waals surface area contributed by atoms with Gasteiger partial charge in [0.15, 0.2) is 0 Å². The molecule has 0 fully saturated rings. The summed E-state index contributed by atoms with van der Waals surface area (Å²) in [4.78, 5) is 4.49. The number of ether oxygens (including phenoxy) is 1. The molecule has 0 saturated carbocycles. The Balaban J connectivity index is 1.75. The Morgan fingerprint density at radius 1 is 1.14 bits per heavy atom. The Morgan fingerprint density at radius 2 is 1.95 bits per heavy atom. The van der Waals surface area contributed by atoms with E-state index in [2.05, 4.69) is 40.8 Å². The van der Waals surface area contributed by atoms with Gasteiger partial charge < -0.3 is 14.6 Å². The van der Waals surface area contributed by atoms with Crippen LogP contribution < -0.4 is 5.32 Å². The second-order valence-corrected chi connectivity index (χ2v) is 5.52. The first-order valence-electron chi connectivity index (χ1n) is 7.93. The summed E-state index contributed by atoms with van der Waals surface area (Å²) in [6.07, 6.45) is 4.25. The van der Waals surface area contributed by atoms with Crippen LogP contribution in [0.3, 0.4) is 0 Å². The van der Waals surface area contributed by atoms with Crippen LogP contribution in [0.15, 0.2) is 18.5 Å². The van der Waals surface area contributed by atoms with E-state index in [1.807, 2.05) is 13.3 Å². The molecular weight excluding hydrogens is 262 g/mol. The molecule has 0 unspecified atom stereocenters. The highest BCUT2D eigenvalue weighted by Crippen LogP contribution is 2.18. The van der Waals surface area contributed by atoms with E-state index in [4.69, 9.17) is 4.74 Å². The van der Waals surface area contributed by atoms with Crippen LogP contribution in [-0.2, 0) is 11.3 Å². The van der Waals surface area contributed by atoms with Crippen molar-refractivity contribution in [2.45, 2.75) is 40.2 Å². The molecule has 0 saturated heterocycles. The van der Waals surface area contributed by atoms with Gasteiger partial charge in [-0.15, -0.1) is 0 Å². The summed E-state index contributed by atoms with van der Waals surface area (Å²) >= 11 is 0. The minimum atomic E-state index is 0.819. The zero-order chi connectivity index (χ0) is 15.1. The number of aryl methyl sites for hydroxylation is 2. The molecule has 1 aromatic carbocycles. The minimum absolute atomic E-state index is 0.819. The number of hydrogen-bond acceptors (Lipinski definition) is 3. The van der Waals surface area contributed by atoms with Gasteiger partial charge in [-0.2, -0.15) is 0 Å². The average Bonchev–Trinajstić information content (AvgIpc) is 2.85. The lowest BCUT2D eigenvalue weighted by Crippen LogP contribution is -2.21. The van der Waals surface area contributed by atoms with Gasteiger partial charge in [-0.05, 0) is 63.4 Å². The van der Waals surface area contributed by atoms with Gasteiger partial charge in [0.2, 0.25) is 0 Å². The summed E-state index contributed by atoms with van der Waals surface area (Å²) in [6.45, 7) is 11.0. The second-order valence-electron chi connectivity index (χ2n) is 5.52. The second kappa shape index (κ2) is 8.15. The number of aromatic nitrogens is 2. The summed E-state index contributed by atoms with van der Waals surface area (Å²) in [5.41, 5.74) is 4.96. The van der Waals surface area contributed by atoms with Gasteiger partial charge in [0, 0.05) is 26.3 Å². The predicted molar refractivity (Wildman–Crippen MR) is 87.8 cm³/mol. The fourth-order valence-electron chi connectivity index (χ4n) is 2.41. The Labute approximate surface area is 127 Å². The molecule has 0 amide bonds. The van der Waals surface area contributed by atoms with E-state index in [0.717, 1.165) is 44.8 Å². The van der Waals surface area contributed by atoms with Crippen LogP contribution in [-0.4, -0.2) is 35.9 Å². The first-order chi connectivity index (χ1) is 10.2. The molecule has 0 aliphatic carbocycles. The van der Waals surface area contributed by atoms with E-state index in [9.17, 15) is 0 Å². The van der Waals surface area contributed by atoms with Gasteiger partial charge in [0.1, 0.15) is 0 Å². The molecular formula is C17H27N3O. The number of fused-ring (bicyclic) bond motifs is 1. The van der Waals surface area contributed by atoms with Crippen molar-refractivity contribution in [2.75, 3.05) is 26.3 Å². The Bertz CT molecular complexity index is 562. The summed E-state index contributed by atoms with van der Waals surface area (Å²) in [5, 5.41) is 3.49. The van der Waals surface area contributed by atoms with Gasteiger partial charge in [0.05, 0.1) is 17.4 Å². The molecule has 1 N–H and O–H groups in total. The summed E-state index contributed by atoms with van der Waals surface area (Å²) in [7, 11) is 0. The van der Waals surface area contributed by atoms with Crippen LogP contribution in [0.4, 0.5) is 0 Å². The van der Waals surface area contributed by atoms with Crippen LogP contribution >= 0.6 is 0 Å². The van der Waals surface area contributed by atoms with Gasteiger partial charge >= 0.3 is 0 Å². The Morgan fingerprint density at radius 3 is 2.76 bits per heavy atom. The van der Waals surface area contributed by atoms with E-state index in [1.165, 1.54) is 23.1 Å². The summed E-state index contributed by atoms with van der Waals surface area (Å²) in [6, 6.07) is 4.40. The molecule has 1 aromatic heterocycles. The van der Waals surface area contributed by atoms with Crippen molar-refractivity contribution in [3.05, 3.63) is 29.6 Å². The largest absolute Gasteiger partial charge is 0.382 e. The molecule has 21 heavy (non-hydrogen) atoms. The number of rotatable bonds is 9. The lowest BCUT2D eigenvalue weighted by Gasteiger charge is -2.08. The zero-order valence-electron chi connectivity index (χ0n) is 13.5. The molecule has 0 aliphatic rings. The van der Waals surface area contributed by atoms with E-state index < -0.39 is 0 Å². The fourth-order valence-corrected chi connectivity index (χ4v) is 2.41. The molecule has 1 heterocycles. The van der Waals surface area contributed by atoms with Gasteiger partial charge in [-0.3, -0.25) is 0 Å². The Hall–Kier alpha value is -1.39. The smallest absolute Gasteiger partial charge is 0.0958 e. The molecule has 2 rings (SSSR count). The third kappa shape index (κ3) is 4.55. The molecule has 116 valence electrons. The van der Waals surface area contributed by atoms with E-state index in [1.54, 1.807) is 0 Å². The van der Waals surface area contributed by atoms with Crippen LogP contribution in [0.2, 0.25) is 0 Å². The zero-order valence-corrected chi connectivity index (χ0v) is 13.5. The van der Waals surface area contributed by atoms with Crippen LogP contribution in [0.25, 0.3) is 11.0 Å². The molecule has 0 bridgehead atoms. The quantitative estimate of drug-likeness (QED) is 0.721. The highest BCUT2D eigenvalue weighted by molar-refractivity contribution is 5.77. The number of imidazole rings is 1. The summed E-state index contributed by atoms with van der Waals surface area (Å²) < 4.78 is 7.56. The summed E-state index contributed by atoms with van der Waals surface area (Å²) in [5.74, 6) is 0. The molecule has 2 aromatic rings. The Kier molecular flexibility index (Phi) is 6.21. The van der Waals surface area contributed by atoms with Crippen molar-refractivity contribution in [3.8, 4) is 0 Å². The molecule has 0 spiro atoms. The van der Waals surface area contributed by atoms with Crippen LogP contribution in [0.1, 0.15) is 30.9 Å². The maximum atomic E-state index is 5.33. The van der Waals surface area contributed by atoms with E-state index >= 15 is 0 Å². The van der Waals surface area contributed by atoms with Crippen LogP contribution in [0, 0.1) is 13.8 Å². The third-order valence-corrected chi connectivity index (χ3v) is 3.86. The van der Waals surface area contributed by atoms with Gasteiger partial charge in [0.25, 0.3) is 0 Å². The van der Waals surface area contributed by atoms with Crippen molar-refractivity contribution < 1.29 is 4.74 Å². The van der Waals surface area contributed by atoms with Crippen molar-refractivity contribution in [2.24, 2.45) is 0 Å². The topological polar surface area (TPSA) is 39.1 Å². The lowest BCUT2D eigenvalue weighted by atomic mass is 10.1. The predicted octanol–water partition coefficient (Wildman–Crippen LogP) is 3.06. The fraction of sp³-hybridized carbons (Fsp3) is 0.588. The molecule has 4 heteroatoms. The van der Waals surface area contributed by atoms with Crippen molar-refractivity contribution >= 4 is 11.0 Å². The van der Waals surface area contributed by atoms with Gasteiger partial charge in [-0.1, -0.05) is 0 Å². The van der Waals surface area contributed by atoms with E-state index in [0.29, 0.717) is 0 Å². The number of nitrogens with one attached hydrogen (secondary N) is 1. The standard InChI is InChI=1S/C17H27N3O/c1-4-21-10-6-5-7-18-8-9-20-13-19-16-11-14(2)15(3)12-17(16)20/h11-13,18H,4-10H2,1-3H3. The molecule has 0 aliphatic heterocycles. The van der Waals surface area contributed by atoms with E-state index in [-0.39, 0.29) is 0 Å². The maximum absolute atomic E-state index is 5.33. The SMILES string of the molecule is CCOCCCCNCCn1cnc2cc(C)c(C)cc21. The first-order valence-corrected chi connectivity index (χ1v) is 7.93. The number of nitrogens with zero attached hydrogens (tertiary/aromatic N) is 2. The lowest BCUT2D eigenvalue weighted by molar-refractivity contribution is 0.143. The monoisotopic (exact) mass is 289 g/mol. The molecule has 0 radical (unpaired) electrons. The molecule has 4 nitrogen and oxygen atoms in total. The van der Waals surface area contributed by atoms with Crippen molar-refractivity contribution in [3.63, 3.8) is 0 Å². The molecule has 0 atom stereocenters. The average molecular weight is 289 g/mol. The number of hydrogen-bond donors (Lipinski definition) is 1. The highest BCUT2D eigenvalue weighted by atomic mass is 16.5. The van der Waals surface area contributed by atoms with Crippen molar-refractivity contribution in [1.29, 1.82) is 0 Å². The third-order valence-electron chi connectivity index (χ3n) is 3.86. The highest BCUT2D eigenvalue weighted by Gasteiger charge is 2.04. The maximum Gasteiger partial charge on any atom is 0.0958 e. The first kappa shape index (κ1) is 16.0. The number of unbranched alkanes of at least 4 members (excludes halogenated alkanes) is 1. The van der Waals surface area contributed by atoms with Crippen LogP contribution in [0.5, 0.6) is 0 Å². The van der Waals surface area contributed by atoms with Gasteiger partial charge in [-0.25, -0.2) is 4.98 Å².